The first kappa shape index (κ1) is 19.1. The smallest absolute Gasteiger partial charge is 0.228 e. The predicted molar refractivity (Wildman–Crippen MR) is 111 cm³/mol. The highest BCUT2D eigenvalue weighted by Crippen LogP contribution is 2.28. The summed E-state index contributed by atoms with van der Waals surface area (Å²) in [7, 11) is 0. The number of carbonyl (C=O) groups is 1. The molecule has 2 aromatic carbocycles. The van der Waals surface area contributed by atoms with Gasteiger partial charge in [0.2, 0.25) is 5.91 Å². The summed E-state index contributed by atoms with van der Waals surface area (Å²) in [6, 6.07) is 13.7. The van der Waals surface area contributed by atoms with Crippen molar-refractivity contribution < 1.29 is 14.3 Å². The molecule has 6 nitrogen and oxygen atoms in total. The van der Waals surface area contributed by atoms with Gasteiger partial charge in [0.1, 0.15) is 18.1 Å². The molecule has 1 amide bonds. The fourth-order valence-electron chi connectivity index (χ4n) is 3.45. The number of nitrogens with zero attached hydrogens (tertiary/aromatic N) is 2. The fourth-order valence-corrected chi connectivity index (χ4v) is 3.45. The summed E-state index contributed by atoms with van der Waals surface area (Å²) in [6.45, 7) is 3.87. The number of aromatic nitrogens is 2. The third-order valence-corrected chi connectivity index (χ3v) is 4.88. The van der Waals surface area contributed by atoms with Crippen LogP contribution in [0.5, 0.6) is 11.5 Å². The maximum atomic E-state index is 12.7. The van der Waals surface area contributed by atoms with Crippen molar-refractivity contribution in [1.29, 1.82) is 0 Å². The molecule has 0 saturated carbocycles. The molecule has 29 heavy (non-hydrogen) atoms. The number of ether oxygens (including phenoxy) is 2. The van der Waals surface area contributed by atoms with Gasteiger partial charge in [0.25, 0.3) is 0 Å². The SMILES string of the molecule is Cc1ccc(OCCn2cccn2)c(NC(=O)Cc2ccc3c(c2)CCCO3)c1. The van der Waals surface area contributed by atoms with Gasteiger partial charge in [0, 0.05) is 12.4 Å². The molecule has 2 heterocycles. The van der Waals surface area contributed by atoms with Gasteiger partial charge in [-0.05, 0) is 60.7 Å². The van der Waals surface area contributed by atoms with Gasteiger partial charge in [0.15, 0.2) is 0 Å². The molecule has 1 aliphatic rings. The van der Waals surface area contributed by atoms with Crippen LogP contribution in [-0.4, -0.2) is 28.9 Å². The number of hydrogen-bond donors (Lipinski definition) is 1. The van der Waals surface area contributed by atoms with E-state index in [0.717, 1.165) is 36.3 Å². The van der Waals surface area contributed by atoms with Crippen molar-refractivity contribution in [3.05, 3.63) is 71.5 Å². The van der Waals surface area contributed by atoms with Crippen LogP contribution in [0.4, 0.5) is 5.69 Å². The Morgan fingerprint density at radius 3 is 3.07 bits per heavy atom. The highest BCUT2D eigenvalue weighted by Gasteiger charge is 2.13. The summed E-state index contributed by atoms with van der Waals surface area (Å²) < 4.78 is 13.4. The second kappa shape index (κ2) is 8.82. The molecule has 0 fully saturated rings. The van der Waals surface area contributed by atoms with E-state index in [1.807, 2.05) is 54.2 Å². The normalized spacial score (nSPS) is 12.7. The van der Waals surface area contributed by atoms with Crippen molar-refractivity contribution in [1.82, 2.24) is 9.78 Å². The summed E-state index contributed by atoms with van der Waals surface area (Å²) in [5, 5.41) is 7.17. The molecular formula is C23H25N3O3. The molecule has 1 aliphatic heterocycles. The first-order valence-corrected chi connectivity index (χ1v) is 9.93. The Bertz CT molecular complexity index is 983. The molecule has 0 atom stereocenters. The number of amides is 1. The van der Waals surface area contributed by atoms with Gasteiger partial charge in [-0.15, -0.1) is 0 Å². The Morgan fingerprint density at radius 1 is 1.28 bits per heavy atom. The zero-order chi connectivity index (χ0) is 20.1. The number of hydrogen-bond acceptors (Lipinski definition) is 4. The summed E-state index contributed by atoms with van der Waals surface area (Å²) in [6.07, 6.45) is 5.96. The Hall–Kier alpha value is -3.28. The minimum absolute atomic E-state index is 0.0656. The number of anilines is 1. The first-order valence-electron chi connectivity index (χ1n) is 9.93. The van der Waals surface area contributed by atoms with E-state index in [1.54, 1.807) is 6.20 Å². The van der Waals surface area contributed by atoms with Crippen LogP contribution in [0.15, 0.2) is 54.9 Å². The highest BCUT2D eigenvalue weighted by atomic mass is 16.5. The van der Waals surface area contributed by atoms with E-state index in [-0.39, 0.29) is 5.91 Å². The average molecular weight is 391 g/mol. The van der Waals surface area contributed by atoms with Crippen LogP contribution in [0.2, 0.25) is 0 Å². The topological polar surface area (TPSA) is 65.4 Å². The van der Waals surface area contributed by atoms with Gasteiger partial charge in [-0.2, -0.15) is 5.10 Å². The molecular weight excluding hydrogens is 366 g/mol. The summed E-state index contributed by atoms with van der Waals surface area (Å²) >= 11 is 0. The van der Waals surface area contributed by atoms with Gasteiger partial charge < -0.3 is 14.8 Å². The minimum atomic E-state index is -0.0656. The molecule has 0 unspecified atom stereocenters. The maximum Gasteiger partial charge on any atom is 0.228 e. The van der Waals surface area contributed by atoms with Crippen LogP contribution in [-0.2, 0) is 24.2 Å². The molecule has 0 aliphatic carbocycles. The van der Waals surface area contributed by atoms with E-state index >= 15 is 0 Å². The van der Waals surface area contributed by atoms with Crippen molar-refractivity contribution in [2.45, 2.75) is 32.7 Å². The van der Waals surface area contributed by atoms with E-state index < -0.39 is 0 Å². The van der Waals surface area contributed by atoms with Crippen molar-refractivity contribution >= 4 is 11.6 Å². The van der Waals surface area contributed by atoms with Crippen LogP contribution < -0.4 is 14.8 Å². The Morgan fingerprint density at radius 2 is 2.21 bits per heavy atom. The van der Waals surface area contributed by atoms with Gasteiger partial charge in [-0.3, -0.25) is 9.48 Å². The number of fused-ring (bicyclic) bond motifs is 1. The lowest BCUT2D eigenvalue weighted by molar-refractivity contribution is -0.115. The highest BCUT2D eigenvalue weighted by molar-refractivity contribution is 5.93. The molecule has 3 aromatic rings. The van der Waals surface area contributed by atoms with Gasteiger partial charge in [0.05, 0.1) is 25.3 Å². The van der Waals surface area contributed by atoms with Crippen LogP contribution in [0, 0.1) is 6.92 Å². The lowest BCUT2D eigenvalue weighted by atomic mass is 10.0. The van der Waals surface area contributed by atoms with Crippen LogP contribution in [0.3, 0.4) is 0 Å². The second-order valence-electron chi connectivity index (χ2n) is 7.24. The zero-order valence-corrected chi connectivity index (χ0v) is 16.6. The van der Waals surface area contributed by atoms with Gasteiger partial charge in [-0.25, -0.2) is 0 Å². The summed E-state index contributed by atoms with van der Waals surface area (Å²) in [5.41, 5.74) is 3.92. The van der Waals surface area contributed by atoms with Gasteiger partial charge in [-0.1, -0.05) is 18.2 Å². The van der Waals surface area contributed by atoms with Crippen LogP contribution >= 0.6 is 0 Å². The molecule has 1 aromatic heterocycles. The van der Waals surface area contributed by atoms with Crippen molar-refractivity contribution in [2.24, 2.45) is 0 Å². The first-order chi connectivity index (χ1) is 14.2. The third kappa shape index (κ3) is 4.96. The quantitative estimate of drug-likeness (QED) is 0.666. The standard InChI is InChI=1S/C23H25N3O3/c1-17-5-7-22(29-13-11-26-10-3-9-24-26)20(14-17)25-23(27)16-18-6-8-21-19(15-18)4-2-12-28-21/h3,5-10,14-15H,2,4,11-13,16H2,1H3,(H,25,27). The third-order valence-electron chi connectivity index (χ3n) is 4.88. The number of nitrogens with one attached hydrogen (secondary N) is 1. The van der Waals surface area contributed by atoms with Crippen molar-refractivity contribution in [3.63, 3.8) is 0 Å². The molecule has 0 spiro atoms. The van der Waals surface area contributed by atoms with E-state index in [1.165, 1.54) is 5.56 Å². The number of benzene rings is 2. The summed E-state index contributed by atoms with van der Waals surface area (Å²) in [4.78, 5) is 12.7. The van der Waals surface area contributed by atoms with Crippen molar-refractivity contribution in [3.8, 4) is 11.5 Å². The second-order valence-corrected chi connectivity index (χ2v) is 7.24. The molecule has 0 radical (unpaired) electrons. The fraction of sp³-hybridized carbons (Fsp3) is 0.304. The number of carbonyl (C=O) groups excluding carboxylic acids is 1. The Kier molecular flexibility index (Phi) is 5.79. The van der Waals surface area contributed by atoms with Crippen molar-refractivity contribution in [2.75, 3.05) is 18.5 Å². The zero-order valence-electron chi connectivity index (χ0n) is 16.6. The Labute approximate surface area is 170 Å². The van der Waals surface area contributed by atoms with E-state index in [2.05, 4.69) is 16.5 Å². The molecule has 0 saturated heterocycles. The van der Waals surface area contributed by atoms with E-state index in [9.17, 15) is 4.79 Å². The monoisotopic (exact) mass is 391 g/mol. The molecule has 4 rings (SSSR count). The van der Waals surface area contributed by atoms with Crippen LogP contribution in [0.1, 0.15) is 23.1 Å². The largest absolute Gasteiger partial charge is 0.493 e. The number of rotatable bonds is 7. The maximum absolute atomic E-state index is 12.7. The van der Waals surface area contributed by atoms with Crippen LogP contribution in [0.25, 0.3) is 0 Å². The van der Waals surface area contributed by atoms with Gasteiger partial charge >= 0.3 is 0 Å². The number of aryl methyl sites for hydroxylation is 2. The molecule has 1 N–H and O–H groups in total. The molecule has 150 valence electrons. The lowest BCUT2D eigenvalue weighted by Gasteiger charge is -2.18. The van der Waals surface area contributed by atoms with E-state index in [4.69, 9.17) is 9.47 Å². The minimum Gasteiger partial charge on any atom is -0.493 e. The molecule has 0 bridgehead atoms. The Balaban J connectivity index is 1.40. The van der Waals surface area contributed by atoms with E-state index in [0.29, 0.717) is 31.0 Å². The summed E-state index contributed by atoms with van der Waals surface area (Å²) in [5.74, 6) is 1.53. The molecule has 6 heteroatoms. The average Bonchev–Trinajstić information content (AvgIpc) is 3.23. The lowest BCUT2D eigenvalue weighted by Crippen LogP contribution is -2.17. The predicted octanol–water partition coefficient (Wildman–Crippen LogP) is 3.78.